The molecule has 0 spiro atoms. The van der Waals surface area contributed by atoms with Crippen LogP contribution in [0.25, 0.3) is 10.8 Å². The topological polar surface area (TPSA) is 158 Å². The second kappa shape index (κ2) is 17.0. The summed E-state index contributed by atoms with van der Waals surface area (Å²) in [7, 11) is -3.96. The predicted molar refractivity (Wildman–Crippen MR) is 208 cm³/mol. The quantitative estimate of drug-likeness (QED) is 0.142. The van der Waals surface area contributed by atoms with Crippen molar-refractivity contribution in [1.29, 1.82) is 0 Å². The Morgan fingerprint density at radius 2 is 1.81 bits per heavy atom. The summed E-state index contributed by atoms with van der Waals surface area (Å²) in [6, 6.07) is 3.12. The molecule has 3 fully saturated rings. The van der Waals surface area contributed by atoms with Crippen LogP contribution in [0.15, 0.2) is 36.5 Å². The van der Waals surface area contributed by atoms with Crippen LogP contribution in [-0.4, -0.2) is 84.2 Å². The highest BCUT2D eigenvalue weighted by molar-refractivity contribution is 7.90. The fourth-order valence-corrected chi connectivity index (χ4v) is 9.86. The van der Waals surface area contributed by atoms with E-state index in [0.717, 1.165) is 13.8 Å². The molecular formula is C42H53F4N3O9S. The van der Waals surface area contributed by atoms with Gasteiger partial charge in [-0.1, -0.05) is 32.4 Å². The highest BCUT2D eigenvalue weighted by atomic mass is 32.2. The number of amides is 2. The number of hydrogen-bond acceptors (Lipinski definition) is 10. The number of Topliss-reactive ketones (excluding diaryl/α,β-unsaturated/α-hetero) is 1. The van der Waals surface area contributed by atoms with Crippen LogP contribution < -0.4 is 14.2 Å². The molecule has 7 atom stereocenters. The van der Waals surface area contributed by atoms with Gasteiger partial charge in [0.25, 0.3) is 0 Å². The summed E-state index contributed by atoms with van der Waals surface area (Å²) >= 11 is 0. The number of hydrogen-bond donors (Lipinski definition) is 1. The van der Waals surface area contributed by atoms with Gasteiger partial charge in [-0.2, -0.15) is 13.2 Å². The monoisotopic (exact) mass is 851 g/mol. The summed E-state index contributed by atoms with van der Waals surface area (Å²) in [6.45, 7) is 6.98. The Kier molecular flexibility index (Phi) is 12.8. The van der Waals surface area contributed by atoms with Crippen LogP contribution in [0.1, 0.15) is 98.8 Å². The molecule has 2 aliphatic heterocycles. The van der Waals surface area contributed by atoms with E-state index in [1.54, 1.807) is 13.0 Å². The van der Waals surface area contributed by atoms with E-state index < -0.39 is 105 Å². The first-order valence-corrected chi connectivity index (χ1v) is 22.0. The van der Waals surface area contributed by atoms with Crippen LogP contribution in [0.5, 0.6) is 11.6 Å². The molecule has 0 radical (unpaired) electrons. The highest BCUT2D eigenvalue weighted by Crippen LogP contribution is 2.57. The number of benzene rings is 1. The number of fused-ring (bicyclic) bond motifs is 3. The van der Waals surface area contributed by atoms with Gasteiger partial charge in [-0.05, 0) is 101 Å². The van der Waals surface area contributed by atoms with Crippen LogP contribution in [0.3, 0.4) is 0 Å². The number of ketones is 1. The summed E-state index contributed by atoms with van der Waals surface area (Å²) in [4.78, 5) is 62.4. The van der Waals surface area contributed by atoms with Crippen LogP contribution in [-0.2, 0) is 33.9 Å². The smallest absolute Gasteiger partial charge is 0.427 e. The minimum absolute atomic E-state index is 0.00299. The minimum Gasteiger partial charge on any atom is -0.491 e. The van der Waals surface area contributed by atoms with Gasteiger partial charge in [0, 0.05) is 24.4 Å². The first kappa shape index (κ1) is 44.3. The van der Waals surface area contributed by atoms with Crippen LogP contribution in [0, 0.1) is 34.9 Å². The largest absolute Gasteiger partial charge is 0.491 e. The number of halogens is 4. The van der Waals surface area contributed by atoms with Crippen LogP contribution in [0.4, 0.5) is 17.6 Å². The van der Waals surface area contributed by atoms with E-state index in [0.29, 0.717) is 49.3 Å². The lowest BCUT2D eigenvalue weighted by molar-refractivity contribution is -0.257. The molecular weight excluding hydrogens is 799 g/mol. The Morgan fingerprint density at radius 3 is 2.47 bits per heavy atom. The number of ether oxygens (including phenoxy) is 3. The van der Waals surface area contributed by atoms with Crippen molar-refractivity contribution >= 4 is 44.4 Å². The number of nitrogens with one attached hydrogen (secondary N) is 1. The van der Waals surface area contributed by atoms with Gasteiger partial charge in [-0.3, -0.25) is 23.9 Å². The van der Waals surface area contributed by atoms with Crippen molar-refractivity contribution in [3.8, 4) is 11.6 Å². The number of carbonyl (C=O) groups is 4. The van der Waals surface area contributed by atoms with Crippen molar-refractivity contribution < 1.29 is 59.4 Å². The number of nitrogens with zero attached hydrogens (tertiary/aromatic N) is 2. The third-order valence-corrected chi connectivity index (χ3v) is 14.1. The van der Waals surface area contributed by atoms with E-state index in [1.165, 1.54) is 23.2 Å². The molecule has 2 aromatic rings. The molecule has 12 nitrogen and oxygen atoms in total. The number of sulfonamides is 1. The lowest BCUT2D eigenvalue weighted by atomic mass is 9.79. The van der Waals surface area contributed by atoms with Crippen molar-refractivity contribution in [2.24, 2.45) is 29.1 Å². The molecule has 0 unspecified atom stereocenters. The lowest BCUT2D eigenvalue weighted by Crippen LogP contribution is -2.48. The molecule has 1 aromatic carbocycles. The fraction of sp³-hybridized carbons (Fsp3) is 0.643. The number of alkyl halides is 3. The molecule has 2 saturated carbocycles. The van der Waals surface area contributed by atoms with Crippen molar-refractivity contribution in [2.75, 3.05) is 13.2 Å². The molecule has 1 saturated heterocycles. The maximum Gasteiger partial charge on any atom is 0.427 e. The zero-order valence-electron chi connectivity index (χ0n) is 34.0. The molecule has 3 heterocycles. The third-order valence-electron chi connectivity index (χ3n) is 12.3. The molecule has 1 aromatic heterocycles. The van der Waals surface area contributed by atoms with Crippen LogP contribution >= 0.6 is 0 Å². The number of esters is 1. The number of rotatable bonds is 11. The molecule has 17 heteroatoms. The van der Waals surface area contributed by atoms with Gasteiger partial charge in [-0.25, -0.2) is 17.8 Å². The summed E-state index contributed by atoms with van der Waals surface area (Å²) in [5.74, 6) is -5.98. The van der Waals surface area contributed by atoms with E-state index in [-0.39, 0.29) is 43.5 Å². The van der Waals surface area contributed by atoms with Crippen molar-refractivity contribution in [3.63, 3.8) is 0 Å². The molecule has 59 heavy (non-hydrogen) atoms. The van der Waals surface area contributed by atoms with E-state index >= 15 is 4.39 Å². The van der Waals surface area contributed by atoms with E-state index in [4.69, 9.17) is 14.2 Å². The number of aromatic nitrogens is 1. The average Bonchev–Trinajstić information content (AvgIpc) is 4.08. The Labute approximate surface area is 341 Å². The zero-order valence-corrected chi connectivity index (χ0v) is 34.8. The second-order valence-electron chi connectivity index (χ2n) is 17.1. The summed E-state index contributed by atoms with van der Waals surface area (Å²) in [5.41, 5.74) is -4.24. The Morgan fingerprint density at radius 1 is 1.08 bits per heavy atom. The fourth-order valence-electron chi connectivity index (χ4n) is 8.47. The number of carbonyl (C=O) groups excluding carboxylic acids is 4. The molecule has 4 aliphatic rings. The molecule has 324 valence electrons. The summed E-state index contributed by atoms with van der Waals surface area (Å²) in [6.07, 6.45) is 1.28. The second-order valence-corrected chi connectivity index (χ2v) is 19.1. The van der Waals surface area contributed by atoms with Gasteiger partial charge in [0.15, 0.2) is 17.3 Å². The third kappa shape index (κ3) is 9.70. The van der Waals surface area contributed by atoms with Crippen LogP contribution in [0.2, 0.25) is 0 Å². The molecule has 2 aliphatic carbocycles. The zero-order chi connectivity index (χ0) is 43.1. The maximum absolute atomic E-state index is 15.1. The molecule has 0 bridgehead atoms. The number of pyridine rings is 1. The molecule has 1 N–H and O–H groups in total. The minimum atomic E-state index is -4.89. The Hall–Kier alpha value is -4.28. The van der Waals surface area contributed by atoms with Crippen molar-refractivity contribution in [3.05, 3.63) is 42.4 Å². The Balaban J connectivity index is 1.37. The normalized spacial score (nSPS) is 28.8. The predicted octanol–water partition coefficient (Wildman–Crippen LogP) is 6.99. The molecule has 6 rings (SSSR count). The average molecular weight is 852 g/mol. The lowest BCUT2D eigenvalue weighted by Gasteiger charge is -2.34. The highest BCUT2D eigenvalue weighted by Gasteiger charge is 2.62. The van der Waals surface area contributed by atoms with Gasteiger partial charge in [0.2, 0.25) is 33.3 Å². The van der Waals surface area contributed by atoms with Gasteiger partial charge in [0.1, 0.15) is 6.10 Å². The van der Waals surface area contributed by atoms with Gasteiger partial charge in [-0.15, -0.1) is 0 Å². The summed E-state index contributed by atoms with van der Waals surface area (Å²) < 4.78 is 101. The number of allylic oxidation sites excluding steroid dienone is 2. The van der Waals surface area contributed by atoms with Gasteiger partial charge in [0.05, 0.1) is 42.2 Å². The first-order chi connectivity index (χ1) is 27.7. The van der Waals surface area contributed by atoms with Crippen molar-refractivity contribution in [1.82, 2.24) is 14.6 Å². The summed E-state index contributed by atoms with van der Waals surface area (Å²) in [5, 5.41) is 0.153. The van der Waals surface area contributed by atoms with E-state index in [1.807, 2.05) is 26.0 Å². The van der Waals surface area contributed by atoms with E-state index in [2.05, 4.69) is 9.71 Å². The standard InChI is InChI=1S/C42H53F4N3O9S/c1-6-25-16-24(3)10-8-9-11-27-21-41(27,39(53)48-59(54,55)29-12-13-29)22-34(50)33-18-28(57-37-30-19-32(43)35(56-7-2)17-26(30)14-15-47-37)23-49(33)38(52)31(25)20-36(51)58-40(4,5)42(44,45)46/h9,11,14-15,17,19,24-25,27-29,31,33H,6-8,10,12-13,16,18,20-23H2,1-5H3,(H,48,53)/b11-9-/t24-,25-,27-,28-,31+,33+,41-/m1/s1. The Bertz CT molecular complexity index is 2090. The van der Waals surface area contributed by atoms with E-state index in [9.17, 15) is 40.8 Å². The molecule has 2 amide bonds. The first-order valence-electron chi connectivity index (χ1n) is 20.4. The SMILES string of the molecule is CCOc1cc2ccnc(O[C@@H]3C[C@H]4C(=O)C[C@]5(C(=O)NS(=O)(=O)C6CC6)C[C@H]5/C=C\CC[C@@H](C)C[C@@H](CC)[C@H](CC(=O)OC(C)(C)C(F)(F)F)C(=O)N4C3)c2cc1F. The van der Waals surface area contributed by atoms with Gasteiger partial charge < -0.3 is 19.1 Å². The van der Waals surface area contributed by atoms with Gasteiger partial charge >= 0.3 is 12.1 Å². The maximum atomic E-state index is 15.1. The van der Waals surface area contributed by atoms with Crippen molar-refractivity contribution in [2.45, 2.75) is 128 Å².